The Morgan fingerprint density at radius 2 is 2.05 bits per heavy atom. The summed E-state index contributed by atoms with van der Waals surface area (Å²) in [5, 5.41) is 3.47. The summed E-state index contributed by atoms with van der Waals surface area (Å²) in [6.45, 7) is 7.68. The summed E-state index contributed by atoms with van der Waals surface area (Å²) < 4.78 is 11.0. The minimum Gasteiger partial charge on any atom is -0.473 e. The van der Waals surface area contributed by atoms with Gasteiger partial charge in [-0.05, 0) is 45.7 Å². The zero-order valence-corrected chi connectivity index (χ0v) is 11.9. The normalized spacial score (nSPS) is 18.3. The van der Waals surface area contributed by atoms with E-state index in [1.807, 2.05) is 26.0 Å². The van der Waals surface area contributed by atoms with Crippen LogP contribution in [0.2, 0.25) is 0 Å². The summed E-state index contributed by atoms with van der Waals surface area (Å²) >= 11 is 0. The number of nitrogens with two attached hydrogens (primary N) is 1. The van der Waals surface area contributed by atoms with Crippen molar-refractivity contribution in [2.45, 2.75) is 45.3 Å². The SMILES string of the molecule is CC(C)Oc1nc(NC2(C)CCOCC2)ccc1N. The zero-order valence-electron chi connectivity index (χ0n) is 11.9. The fraction of sp³-hybridized carbons (Fsp3) is 0.643. The van der Waals surface area contributed by atoms with E-state index in [4.69, 9.17) is 15.2 Å². The van der Waals surface area contributed by atoms with Crippen molar-refractivity contribution < 1.29 is 9.47 Å². The van der Waals surface area contributed by atoms with Gasteiger partial charge in [-0.25, -0.2) is 0 Å². The van der Waals surface area contributed by atoms with E-state index < -0.39 is 0 Å². The van der Waals surface area contributed by atoms with Crippen molar-refractivity contribution in [1.82, 2.24) is 4.98 Å². The number of hydrogen-bond acceptors (Lipinski definition) is 5. The fourth-order valence-corrected chi connectivity index (χ4v) is 2.09. The third-order valence-corrected chi connectivity index (χ3v) is 3.26. The van der Waals surface area contributed by atoms with Crippen LogP contribution in [0.5, 0.6) is 5.88 Å². The molecule has 0 spiro atoms. The Balaban J connectivity index is 2.11. The lowest BCUT2D eigenvalue weighted by Gasteiger charge is -2.35. The van der Waals surface area contributed by atoms with Gasteiger partial charge in [0, 0.05) is 18.8 Å². The molecular weight excluding hydrogens is 242 g/mol. The van der Waals surface area contributed by atoms with Gasteiger partial charge in [-0.15, -0.1) is 0 Å². The molecule has 0 unspecified atom stereocenters. The van der Waals surface area contributed by atoms with E-state index in [2.05, 4.69) is 17.2 Å². The van der Waals surface area contributed by atoms with E-state index in [0.717, 1.165) is 31.9 Å². The van der Waals surface area contributed by atoms with Crippen molar-refractivity contribution in [2.75, 3.05) is 24.3 Å². The summed E-state index contributed by atoms with van der Waals surface area (Å²) in [6.07, 6.45) is 2.00. The summed E-state index contributed by atoms with van der Waals surface area (Å²) in [6, 6.07) is 3.72. The van der Waals surface area contributed by atoms with Crippen molar-refractivity contribution in [3.8, 4) is 5.88 Å². The average Bonchev–Trinajstić information content (AvgIpc) is 2.33. The molecule has 5 heteroatoms. The first-order valence-corrected chi connectivity index (χ1v) is 6.78. The molecule has 0 saturated carbocycles. The molecule has 106 valence electrons. The Hall–Kier alpha value is -1.49. The molecule has 5 nitrogen and oxygen atoms in total. The topological polar surface area (TPSA) is 69.4 Å². The summed E-state index contributed by atoms with van der Waals surface area (Å²) in [4.78, 5) is 4.45. The number of nitrogens with zero attached hydrogens (tertiary/aromatic N) is 1. The van der Waals surface area contributed by atoms with E-state index in [-0.39, 0.29) is 11.6 Å². The largest absolute Gasteiger partial charge is 0.473 e. The second-order valence-electron chi connectivity index (χ2n) is 5.56. The monoisotopic (exact) mass is 265 g/mol. The summed E-state index contributed by atoms with van der Waals surface area (Å²) in [5.74, 6) is 1.30. The molecule has 1 aliphatic rings. The molecule has 0 aliphatic carbocycles. The van der Waals surface area contributed by atoms with Gasteiger partial charge in [0.25, 0.3) is 0 Å². The molecule has 0 aromatic carbocycles. The van der Waals surface area contributed by atoms with Crippen LogP contribution in [0, 0.1) is 0 Å². The van der Waals surface area contributed by atoms with Crippen LogP contribution in [0.1, 0.15) is 33.6 Å². The molecule has 1 aromatic heterocycles. The molecular formula is C14H23N3O2. The lowest BCUT2D eigenvalue weighted by Crippen LogP contribution is -2.40. The van der Waals surface area contributed by atoms with Gasteiger partial charge in [0.2, 0.25) is 5.88 Å². The van der Waals surface area contributed by atoms with Gasteiger partial charge in [0.15, 0.2) is 0 Å². The van der Waals surface area contributed by atoms with Gasteiger partial charge in [0.1, 0.15) is 5.82 Å². The van der Waals surface area contributed by atoms with Gasteiger partial charge in [-0.3, -0.25) is 0 Å². The third-order valence-electron chi connectivity index (χ3n) is 3.26. The minimum absolute atomic E-state index is 0.0243. The van der Waals surface area contributed by atoms with Gasteiger partial charge in [-0.2, -0.15) is 4.98 Å². The lowest BCUT2D eigenvalue weighted by molar-refractivity contribution is 0.0657. The van der Waals surface area contributed by atoms with Crippen LogP contribution in [-0.2, 0) is 4.74 Å². The van der Waals surface area contributed by atoms with Gasteiger partial charge in [-0.1, -0.05) is 0 Å². The van der Waals surface area contributed by atoms with E-state index >= 15 is 0 Å². The molecule has 1 aromatic rings. The Morgan fingerprint density at radius 1 is 1.37 bits per heavy atom. The number of anilines is 2. The molecule has 19 heavy (non-hydrogen) atoms. The van der Waals surface area contributed by atoms with E-state index in [9.17, 15) is 0 Å². The highest BCUT2D eigenvalue weighted by atomic mass is 16.5. The number of aromatic nitrogens is 1. The fourth-order valence-electron chi connectivity index (χ4n) is 2.09. The van der Waals surface area contributed by atoms with Gasteiger partial charge < -0.3 is 20.5 Å². The maximum atomic E-state index is 5.87. The molecule has 1 aliphatic heterocycles. The summed E-state index contributed by atoms with van der Waals surface area (Å²) in [5.41, 5.74) is 6.46. The van der Waals surface area contributed by atoms with Crippen LogP contribution in [0.25, 0.3) is 0 Å². The number of nitrogens with one attached hydrogen (secondary N) is 1. The maximum Gasteiger partial charge on any atom is 0.239 e. The Bertz CT molecular complexity index is 429. The second-order valence-corrected chi connectivity index (χ2v) is 5.56. The first-order chi connectivity index (χ1) is 8.98. The standard InChI is InChI=1S/C14H23N3O2/c1-10(2)19-13-11(15)4-5-12(16-13)17-14(3)6-8-18-9-7-14/h4-5,10H,6-9,15H2,1-3H3,(H,16,17). The molecule has 0 bridgehead atoms. The molecule has 2 heterocycles. The zero-order chi connectivity index (χ0) is 13.9. The number of pyridine rings is 1. The van der Waals surface area contributed by atoms with E-state index in [1.165, 1.54) is 0 Å². The van der Waals surface area contributed by atoms with Crippen molar-refractivity contribution in [1.29, 1.82) is 0 Å². The molecule has 0 radical (unpaired) electrons. The highest BCUT2D eigenvalue weighted by molar-refractivity contribution is 5.54. The molecule has 0 atom stereocenters. The van der Waals surface area contributed by atoms with Gasteiger partial charge in [0.05, 0.1) is 11.8 Å². The van der Waals surface area contributed by atoms with Crippen LogP contribution in [-0.4, -0.2) is 29.8 Å². The van der Waals surface area contributed by atoms with E-state index in [1.54, 1.807) is 0 Å². The molecule has 1 fully saturated rings. The highest BCUT2D eigenvalue weighted by Crippen LogP contribution is 2.27. The third kappa shape index (κ3) is 3.73. The minimum atomic E-state index is 0.0243. The number of rotatable bonds is 4. The number of ether oxygens (including phenoxy) is 2. The van der Waals surface area contributed by atoms with Crippen LogP contribution in [0.3, 0.4) is 0 Å². The second kappa shape index (κ2) is 5.65. The summed E-state index contributed by atoms with van der Waals surface area (Å²) in [7, 11) is 0. The lowest BCUT2D eigenvalue weighted by atomic mass is 9.92. The van der Waals surface area contributed by atoms with Crippen LogP contribution in [0.15, 0.2) is 12.1 Å². The van der Waals surface area contributed by atoms with Crippen LogP contribution in [0.4, 0.5) is 11.5 Å². The number of hydrogen-bond donors (Lipinski definition) is 2. The Labute approximate surface area is 114 Å². The van der Waals surface area contributed by atoms with Crippen molar-refractivity contribution in [3.63, 3.8) is 0 Å². The molecule has 2 rings (SSSR count). The highest BCUT2D eigenvalue weighted by Gasteiger charge is 2.27. The van der Waals surface area contributed by atoms with Gasteiger partial charge >= 0.3 is 0 Å². The van der Waals surface area contributed by atoms with Crippen molar-refractivity contribution >= 4 is 11.5 Å². The smallest absolute Gasteiger partial charge is 0.239 e. The Morgan fingerprint density at radius 3 is 2.68 bits per heavy atom. The molecule has 1 saturated heterocycles. The number of nitrogen functional groups attached to an aromatic ring is 1. The first kappa shape index (κ1) is 13.9. The van der Waals surface area contributed by atoms with E-state index in [0.29, 0.717) is 11.6 Å². The van der Waals surface area contributed by atoms with Crippen molar-refractivity contribution in [3.05, 3.63) is 12.1 Å². The average molecular weight is 265 g/mol. The predicted molar refractivity (Wildman–Crippen MR) is 76.5 cm³/mol. The van der Waals surface area contributed by atoms with Crippen LogP contribution < -0.4 is 15.8 Å². The molecule has 0 amide bonds. The van der Waals surface area contributed by atoms with Crippen LogP contribution >= 0.6 is 0 Å². The Kier molecular flexibility index (Phi) is 4.14. The first-order valence-electron chi connectivity index (χ1n) is 6.78. The maximum absolute atomic E-state index is 5.87. The predicted octanol–water partition coefficient (Wildman–Crippen LogP) is 2.43. The quantitative estimate of drug-likeness (QED) is 0.875. The van der Waals surface area contributed by atoms with Crippen molar-refractivity contribution in [2.24, 2.45) is 0 Å². The molecule has 3 N–H and O–H groups in total.